The summed E-state index contributed by atoms with van der Waals surface area (Å²) >= 11 is 6.72. The van der Waals surface area contributed by atoms with Gasteiger partial charge in [0.05, 0.1) is 17.6 Å². The summed E-state index contributed by atoms with van der Waals surface area (Å²) in [5, 5.41) is 3.35. The molecule has 0 fully saturated rings. The minimum atomic E-state index is 0.645. The normalized spacial score (nSPS) is 10.9. The molecule has 5 heteroatoms. The molecule has 0 aliphatic rings. The van der Waals surface area contributed by atoms with Gasteiger partial charge in [-0.25, -0.2) is 0 Å². The highest BCUT2D eigenvalue weighted by atomic mass is 79.9. The van der Waals surface area contributed by atoms with Gasteiger partial charge in [-0.05, 0) is 49.1 Å². The van der Waals surface area contributed by atoms with E-state index in [-0.39, 0.29) is 0 Å². The average Bonchev–Trinajstić information content (AvgIpc) is 2.70. The highest BCUT2D eigenvalue weighted by Crippen LogP contribution is 2.26. The average molecular weight is 389 g/mol. The van der Waals surface area contributed by atoms with E-state index in [4.69, 9.17) is 9.15 Å². The molecule has 19 heavy (non-hydrogen) atoms. The molecule has 0 saturated carbocycles. The zero-order chi connectivity index (χ0) is 13.7. The molecule has 0 atom stereocenters. The molecule has 1 aromatic heterocycles. The number of nitrogens with one attached hydrogen (secondary N) is 1. The van der Waals surface area contributed by atoms with Crippen molar-refractivity contribution in [3.05, 3.63) is 56.4 Å². The summed E-state index contributed by atoms with van der Waals surface area (Å²) in [5.41, 5.74) is 2.42. The van der Waals surface area contributed by atoms with Crippen LogP contribution in [-0.4, -0.2) is 7.11 Å². The Morgan fingerprint density at radius 1 is 1.16 bits per heavy atom. The van der Waals surface area contributed by atoms with Crippen molar-refractivity contribution < 1.29 is 9.15 Å². The minimum absolute atomic E-state index is 0.645. The summed E-state index contributed by atoms with van der Waals surface area (Å²) in [5.74, 6) is 0.895. The highest BCUT2D eigenvalue weighted by molar-refractivity contribution is 9.13. The van der Waals surface area contributed by atoms with Gasteiger partial charge in [-0.15, -0.1) is 0 Å². The first-order valence-corrected chi connectivity index (χ1v) is 7.49. The molecule has 1 N–H and O–H groups in total. The first-order valence-electron chi connectivity index (χ1n) is 5.90. The van der Waals surface area contributed by atoms with Crippen LogP contribution in [0.15, 0.2) is 43.9 Å². The maximum absolute atomic E-state index is 5.50. The van der Waals surface area contributed by atoms with Crippen LogP contribution in [0, 0.1) is 0 Å². The summed E-state index contributed by atoms with van der Waals surface area (Å²) in [6.07, 6.45) is 0. The van der Waals surface area contributed by atoms with E-state index in [1.807, 2.05) is 12.1 Å². The first kappa shape index (κ1) is 14.8. The zero-order valence-electron chi connectivity index (χ0n) is 10.6. The molecule has 2 rings (SSSR count). The van der Waals surface area contributed by atoms with E-state index >= 15 is 0 Å². The third kappa shape index (κ3) is 4.45. The summed E-state index contributed by atoms with van der Waals surface area (Å²) in [6, 6.07) is 10.3. The number of halogens is 2. The van der Waals surface area contributed by atoms with Crippen LogP contribution in [0.25, 0.3) is 0 Å². The predicted octanol–water partition coefficient (Wildman–Crippen LogP) is 4.24. The summed E-state index contributed by atoms with van der Waals surface area (Å²) in [7, 11) is 1.71. The van der Waals surface area contributed by atoms with Crippen LogP contribution >= 0.6 is 31.9 Å². The highest BCUT2D eigenvalue weighted by Gasteiger charge is 2.05. The lowest BCUT2D eigenvalue weighted by atomic mass is 10.1. The van der Waals surface area contributed by atoms with Gasteiger partial charge in [-0.3, -0.25) is 0 Å². The molecule has 1 heterocycles. The van der Waals surface area contributed by atoms with Crippen LogP contribution in [-0.2, 0) is 24.4 Å². The maximum Gasteiger partial charge on any atom is 0.183 e. The molecule has 2 aromatic rings. The molecule has 0 spiro atoms. The van der Waals surface area contributed by atoms with Crippen LogP contribution < -0.4 is 5.32 Å². The first-order chi connectivity index (χ1) is 9.19. The fourth-order valence-electron chi connectivity index (χ4n) is 1.80. The Morgan fingerprint density at radius 2 is 1.95 bits per heavy atom. The Balaban J connectivity index is 1.86. The lowest BCUT2D eigenvalue weighted by Gasteiger charge is -2.05. The van der Waals surface area contributed by atoms with Gasteiger partial charge in [0.15, 0.2) is 4.67 Å². The van der Waals surface area contributed by atoms with Gasteiger partial charge in [0.1, 0.15) is 5.76 Å². The minimum Gasteiger partial charge on any atom is -0.452 e. The Morgan fingerprint density at radius 3 is 2.63 bits per heavy atom. The lowest BCUT2D eigenvalue weighted by molar-refractivity contribution is 0.185. The molecule has 0 unspecified atom stereocenters. The van der Waals surface area contributed by atoms with E-state index in [9.17, 15) is 0 Å². The largest absolute Gasteiger partial charge is 0.452 e. The van der Waals surface area contributed by atoms with Gasteiger partial charge in [0.2, 0.25) is 0 Å². The lowest BCUT2D eigenvalue weighted by Crippen LogP contribution is -2.12. The van der Waals surface area contributed by atoms with Crippen LogP contribution in [0.3, 0.4) is 0 Å². The van der Waals surface area contributed by atoms with Crippen molar-refractivity contribution in [3.63, 3.8) is 0 Å². The zero-order valence-corrected chi connectivity index (χ0v) is 13.8. The van der Waals surface area contributed by atoms with E-state index in [0.29, 0.717) is 13.2 Å². The van der Waals surface area contributed by atoms with E-state index in [1.54, 1.807) is 7.11 Å². The fourth-order valence-corrected chi connectivity index (χ4v) is 2.46. The summed E-state index contributed by atoms with van der Waals surface area (Å²) in [4.78, 5) is 0. The summed E-state index contributed by atoms with van der Waals surface area (Å²) in [6.45, 7) is 2.14. The molecule has 0 saturated heterocycles. The van der Waals surface area contributed by atoms with Gasteiger partial charge in [-0.1, -0.05) is 24.3 Å². The number of ether oxygens (including phenoxy) is 1. The molecule has 102 valence electrons. The quantitative estimate of drug-likeness (QED) is 0.803. The van der Waals surface area contributed by atoms with Gasteiger partial charge < -0.3 is 14.5 Å². The molecule has 0 aliphatic heterocycles. The van der Waals surface area contributed by atoms with Crippen LogP contribution in [0.1, 0.15) is 16.9 Å². The molecule has 0 aliphatic carbocycles. The number of hydrogen-bond acceptors (Lipinski definition) is 3. The molecular formula is C14H15Br2NO2. The monoisotopic (exact) mass is 387 g/mol. The third-order valence-electron chi connectivity index (χ3n) is 2.63. The third-order valence-corrected chi connectivity index (χ3v) is 4.34. The number of benzene rings is 1. The van der Waals surface area contributed by atoms with E-state index in [0.717, 1.165) is 21.4 Å². The Labute approximate surface area is 129 Å². The molecule has 0 radical (unpaired) electrons. The Hall–Kier alpha value is -0.620. The van der Waals surface area contributed by atoms with Gasteiger partial charge in [0.25, 0.3) is 0 Å². The van der Waals surface area contributed by atoms with Crippen molar-refractivity contribution in [2.24, 2.45) is 0 Å². The molecule has 1 aromatic carbocycles. The second-order valence-electron chi connectivity index (χ2n) is 4.19. The SMILES string of the molecule is COCc1cccc(CNCc2cc(Br)c(Br)o2)c1. The van der Waals surface area contributed by atoms with Crippen molar-refractivity contribution in [3.8, 4) is 0 Å². The fraction of sp³-hybridized carbons (Fsp3) is 0.286. The summed E-state index contributed by atoms with van der Waals surface area (Å²) < 4.78 is 12.3. The molecule has 3 nitrogen and oxygen atoms in total. The van der Waals surface area contributed by atoms with Crippen molar-refractivity contribution in [2.45, 2.75) is 19.7 Å². The topological polar surface area (TPSA) is 34.4 Å². The van der Waals surface area contributed by atoms with Crippen molar-refractivity contribution >= 4 is 31.9 Å². The van der Waals surface area contributed by atoms with Crippen LogP contribution in [0.5, 0.6) is 0 Å². The van der Waals surface area contributed by atoms with Gasteiger partial charge in [0, 0.05) is 13.7 Å². The smallest absolute Gasteiger partial charge is 0.183 e. The standard InChI is InChI=1S/C14H15Br2NO2/c1-18-9-11-4-2-3-10(5-11)7-17-8-12-6-13(15)14(16)19-12/h2-6,17H,7-9H2,1H3. The molecular weight excluding hydrogens is 374 g/mol. The molecule has 0 amide bonds. The van der Waals surface area contributed by atoms with Gasteiger partial charge >= 0.3 is 0 Å². The van der Waals surface area contributed by atoms with E-state index in [1.165, 1.54) is 11.1 Å². The predicted molar refractivity (Wildman–Crippen MR) is 81.8 cm³/mol. The second kappa shape index (κ2) is 7.24. The number of hydrogen-bond donors (Lipinski definition) is 1. The Kier molecular flexibility index (Phi) is 5.63. The van der Waals surface area contributed by atoms with E-state index < -0.39 is 0 Å². The Bertz CT molecular complexity index is 520. The number of furan rings is 1. The number of rotatable bonds is 6. The maximum atomic E-state index is 5.50. The van der Waals surface area contributed by atoms with Crippen LogP contribution in [0.2, 0.25) is 0 Å². The number of methoxy groups -OCH3 is 1. The van der Waals surface area contributed by atoms with Crippen LogP contribution in [0.4, 0.5) is 0 Å². The van der Waals surface area contributed by atoms with Crippen molar-refractivity contribution in [1.29, 1.82) is 0 Å². The van der Waals surface area contributed by atoms with Crippen molar-refractivity contribution in [2.75, 3.05) is 7.11 Å². The molecule has 0 bridgehead atoms. The van der Waals surface area contributed by atoms with E-state index in [2.05, 4.69) is 55.4 Å². The second-order valence-corrected chi connectivity index (χ2v) is 5.77. The van der Waals surface area contributed by atoms with Gasteiger partial charge in [-0.2, -0.15) is 0 Å². The van der Waals surface area contributed by atoms with Crippen molar-refractivity contribution in [1.82, 2.24) is 5.32 Å².